The first kappa shape index (κ1) is 13.5. The van der Waals surface area contributed by atoms with Gasteiger partial charge in [-0.15, -0.1) is 0 Å². The molecule has 1 aromatic carbocycles. The Morgan fingerprint density at radius 3 is 2.83 bits per heavy atom. The molecule has 0 saturated heterocycles. The van der Waals surface area contributed by atoms with Crippen molar-refractivity contribution in [3.63, 3.8) is 0 Å². The standard InChI is InChI=1S/C16H24FN/c1-12(13-6-4-7-14(17)10-13)18-15-8-5-9-16(2,3)11-15/h4,6-7,10,12,15,18H,5,8-9,11H2,1-3H3/t12-,15?/m0/s1. The molecular weight excluding hydrogens is 225 g/mol. The Labute approximate surface area is 110 Å². The molecule has 1 fully saturated rings. The van der Waals surface area contributed by atoms with Crippen molar-refractivity contribution >= 4 is 0 Å². The maximum atomic E-state index is 13.2. The van der Waals surface area contributed by atoms with Crippen LogP contribution >= 0.6 is 0 Å². The van der Waals surface area contributed by atoms with Crippen molar-refractivity contribution in [1.82, 2.24) is 5.32 Å². The summed E-state index contributed by atoms with van der Waals surface area (Å²) >= 11 is 0. The van der Waals surface area contributed by atoms with Crippen LogP contribution in [-0.4, -0.2) is 6.04 Å². The highest BCUT2D eigenvalue weighted by Gasteiger charge is 2.28. The van der Waals surface area contributed by atoms with Crippen LogP contribution in [0.15, 0.2) is 24.3 Å². The van der Waals surface area contributed by atoms with E-state index >= 15 is 0 Å². The third kappa shape index (κ3) is 3.55. The van der Waals surface area contributed by atoms with Gasteiger partial charge >= 0.3 is 0 Å². The fourth-order valence-corrected chi connectivity index (χ4v) is 3.07. The summed E-state index contributed by atoms with van der Waals surface area (Å²) in [7, 11) is 0. The lowest BCUT2D eigenvalue weighted by molar-refractivity contribution is 0.191. The summed E-state index contributed by atoms with van der Waals surface area (Å²) in [6.07, 6.45) is 5.07. The fraction of sp³-hybridized carbons (Fsp3) is 0.625. The van der Waals surface area contributed by atoms with Crippen LogP contribution in [0.3, 0.4) is 0 Å². The molecule has 0 spiro atoms. The molecule has 0 heterocycles. The molecule has 1 unspecified atom stereocenters. The molecule has 0 radical (unpaired) electrons. The zero-order chi connectivity index (χ0) is 13.2. The van der Waals surface area contributed by atoms with Crippen LogP contribution in [0.4, 0.5) is 4.39 Å². The van der Waals surface area contributed by atoms with E-state index in [1.807, 2.05) is 6.07 Å². The molecule has 1 aromatic rings. The van der Waals surface area contributed by atoms with Crippen LogP contribution < -0.4 is 5.32 Å². The average Bonchev–Trinajstić information content (AvgIpc) is 2.27. The van der Waals surface area contributed by atoms with E-state index in [0.29, 0.717) is 11.5 Å². The third-order valence-electron chi connectivity index (χ3n) is 4.04. The minimum Gasteiger partial charge on any atom is -0.307 e. The number of rotatable bonds is 3. The van der Waals surface area contributed by atoms with Crippen LogP contribution in [0.5, 0.6) is 0 Å². The first-order chi connectivity index (χ1) is 8.46. The van der Waals surface area contributed by atoms with Crippen molar-refractivity contribution in [3.8, 4) is 0 Å². The van der Waals surface area contributed by atoms with Crippen LogP contribution in [0.2, 0.25) is 0 Å². The van der Waals surface area contributed by atoms with Gasteiger partial charge in [0.2, 0.25) is 0 Å². The monoisotopic (exact) mass is 249 g/mol. The Morgan fingerprint density at radius 2 is 2.17 bits per heavy atom. The van der Waals surface area contributed by atoms with Crippen molar-refractivity contribution < 1.29 is 4.39 Å². The first-order valence-electron chi connectivity index (χ1n) is 6.98. The SMILES string of the molecule is C[C@H](NC1CCCC(C)(C)C1)c1cccc(F)c1. The summed E-state index contributed by atoms with van der Waals surface area (Å²) in [4.78, 5) is 0. The molecule has 2 atom stereocenters. The van der Waals surface area contributed by atoms with Crippen molar-refractivity contribution in [2.24, 2.45) is 5.41 Å². The summed E-state index contributed by atoms with van der Waals surface area (Å²) in [6, 6.07) is 7.69. The highest BCUT2D eigenvalue weighted by atomic mass is 19.1. The second kappa shape index (κ2) is 5.40. The molecule has 1 nitrogen and oxygen atoms in total. The van der Waals surface area contributed by atoms with Gasteiger partial charge in [0.05, 0.1) is 0 Å². The van der Waals surface area contributed by atoms with Crippen molar-refractivity contribution in [3.05, 3.63) is 35.6 Å². The molecule has 18 heavy (non-hydrogen) atoms. The van der Waals surface area contributed by atoms with Gasteiger partial charge in [0, 0.05) is 12.1 Å². The van der Waals surface area contributed by atoms with Gasteiger partial charge in [-0.1, -0.05) is 32.4 Å². The summed E-state index contributed by atoms with van der Waals surface area (Å²) in [6.45, 7) is 6.80. The predicted octanol–water partition coefficient (Wildman–Crippen LogP) is 4.45. The molecular formula is C16H24FN. The van der Waals surface area contributed by atoms with E-state index in [4.69, 9.17) is 0 Å². The number of benzene rings is 1. The molecule has 2 heteroatoms. The lowest BCUT2D eigenvalue weighted by atomic mass is 9.75. The van der Waals surface area contributed by atoms with E-state index in [1.165, 1.54) is 31.7 Å². The number of nitrogens with one attached hydrogen (secondary N) is 1. The third-order valence-corrected chi connectivity index (χ3v) is 4.04. The Hall–Kier alpha value is -0.890. The molecule has 1 aliphatic rings. The Balaban J connectivity index is 1.97. The molecule has 0 bridgehead atoms. The maximum absolute atomic E-state index is 13.2. The zero-order valence-electron chi connectivity index (χ0n) is 11.7. The molecule has 0 aliphatic heterocycles. The normalized spacial score (nSPS) is 24.8. The first-order valence-corrected chi connectivity index (χ1v) is 6.98. The predicted molar refractivity (Wildman–Crippen MR) is 74.0 cm³/mol. The maximum Gasteiger partial charge on any atom is 0.123 e. The van der Waals surface area contributed by atoms with Gasteiger partial charge in [0.25, 0.3) is 0 Å². The van der Waals surface area contributed by atoms with Gasteiger partial charge in [0.1, 0.15) is 5.82 Å². The van der Waals surface area contributed by atoms with Crippen LogP contribution in [0.25, 0.3) is 0 Å². The number of hydrogen-bond acceptors (Lipinski definition) is 1. The van der Waals surface area contributed by atoms with Crippen molar-refractivity contribution in [2.45, 2.75) is 58.5 Å². The molecule has 1 N–H and O–H groups in total. The quantitative estimate of drug-likeness (QED) is 0.834. The number of hydrogen-bond donors (Lipinski definition) is 1. The summed E-state index contributed by atoms with van der Waals surface area (Å²) in [5.41, 5.74) is 1.48. The van der Waals surface area contributed by atoms with Gasteiger partial charge in [-0.25, -0.2) is 4.39 Å². The molecule has 2 rings (SSSR count). The van der Waals surface area contributed by atoms with E-state index in [0.717, 1.165) is 5.56 Å². The topological polar surface area (TPSA) is 12.0 Å². The molecule has 0 amide bonds. The average molecular weight is 249 g/mol. The van der Waals surface area contributed by atoms with Crippen LogP contribution in [-0.2, 0) is 0 Å². The fourth-order valence-electron chi connectivity index (χ4n) is 3.07. The van der Waals surface area contributed by atoms with Gasteiger partial charge < -0.3 is 5.32 Å². The lowest BCUT2D eigenvalue weighted by Gasteiger charge is -2.37. The molecule has 0 aromatic heterocycles. The minimum atomic E-state index is -0.148. The zero-order valence-corrected chi connectivity index (χ0v) is 11.7. The molecule has 1 aliphatic carbocycles. The van der Waals surface area contributed by atoms with E-state index in [2.05, 4.69) is 26.1 Å². The Morgan fingerprint density at radius 1 is 1.39 bits per heavy atom. The van der Waals surface area contributed by atoms with Gasteiger partial charge in [-0.3, -0.25) is 0 Å². The van der Waals surface area contributed by atoms with Gasteiger partial charge in [0.15, 0.2) is 0 Å². The smallest absolute Gasteiger partial charge is 0.123 e. The van der Waals surface area contributed by atoms with E-state index in [1.54, 1.807) is 12.1 Å². The van der Waals surface area contributed by atoms with E-state index in [-0.39, 0.29) is 11.9 Å². The summed E-state index contributed by atoms with van der Waals surface area (Å²) in [5, 5.41) is 3.65. The van der Waals surface area contributed by atoms with E-state index < -0.39 is 0 Å². The summed E-state index contributed by atoms with van der Waals surface area (Å²) < 4.78 is 13.2. The van der Waals surface area contributed by atoms with Crippen molar-refractivity contribution in [2.75, 3.05) is 0 Å². The minimum absolute atomic E-state index is 0.148. The highest BCUT2D eigenvalue weighted by molar-refractivity contribution is 5.19. The molecule has 100 valence electrons. The Kier molecular flexibility index (Phi) is 4.06. The van der Waals surface area contributed by atoms with Crippen LogP contribution in [0.1, 0.15) is 58.1 Å². The Bertz CT molecular complexity index is 400. The number of halogens is 1. The molecule has 1 saturated carbocycles. The van der Waals surface area contributed by atoms with E-state index in [9.17, 15) is 4.39 Å². The van der Waals surface area contributed by atoms with Crippen molar-refractivity contribution in [1.29, 1.82) is 0 Å². The van der Waals surface area contributed by atoms with Gasteiger partial charge in [-0.2, -0.15) is 0 Å². The van der Waals surface area contributed by atoms with Crippen LogP contribution in [0, 0.1) is 11.2 Å². The lowest BCUT2D eigenvalue weighted by Crippen LogP contribution is -2.38. The second-order valence-corrected chi connectivity index (χ2v) is 6.40. The highest BCUT2D eigenvalue weighted by Crippen LogP contribution is 2.35. The largest absolute Gasteiger partial charge is 0.307 e. The second-order valence-electron chi connectivity index (χ2n) is 6.40. The summed E-state index contributed by atoms with van der Waals surface area (Å²) in [5.74, 6) is -0.148. The van der Waals surface area contributed by atoms with Gasteiger partial charge in [-0.05, 0) is 49.3 Å².